The van der Waals surface area contributed by atoms with Crippen LogP contribution in [0.25, 0.3) is 0 Å². The highest BCUT2D eigenvalue weighted by Gasteiger charge is 2.20. The van der Waals surface area contributed by atoms with Crippen LogP contribution in [-0.4, -0.2) is 37.8 Å². The molecule has 1 aromatic rings. The van der Waals surface area contributed by atoms with E-state index in [0.29, 0.717) is 12.6 Å². The number of hydrogen-bond acceptors (Lipinski definition) is 4. The van der Waals surface area contributed by atoms with E-state index < -0.39 is 0 Å². The zero-order valence-electron chi connectivity index (χ0n) is 11.5. The molecular formula is C14H23N3O. The van der Waals surface area contributed by atoms with Gasteiger partial charge in [-0.05, 0) is 31.9 Å². The quantitative estimate of drug-likeness (QED) is 0.799. The van der Waals surface area contributed by atoms with Crippen molar-refractivity contribution in [3.05, 3.63) is 23.9 Å². The van der Waals surface area contributed by atoms with Crippen molar-refractivity contribution in [2.45, 2.75) is 38.4 Å². The fourth-order valence-electron chi connectivity index (χ4n) is 1.88. The molecule has 0 aromatic carbocycles. The lowest BCUT2D eigenvalue weighted by Gasteiger charge is -2.25. The molecule has 0 spiro atoms. The first-order valence-electron chi connectivity index (χ1n) is 6.62. The van der Waals surface area contributed by atoms with Crippen LogP contribution in [0.2, 0.25) is 0 Å². The van der Waals surface area contributed by atoms with E-state index in [1.165, 1.54) is 12.8 Å². The Bertz CT molecular complexity index is 379. The average molecular weight is 249 g/mol. The van der Waals surface area contributed by atoms with E-state index in [-0.39, 0.29) is 0 Å². The summed E-state index contributed by atoms with van der Waals surface area (Å²) < 4.78 is 5.18. The molecule has 0 bridgehead atoms. The lowest BCUT2D eigenvalue weighted by atomic mass is 10.3. The molecule has 0 aliphatic heterocycles. The Labute approximate surface area is 109 Å². The van der Waals surface area contributed by atoms with Gasteiger partial charge in [0.1, 0.15) is 5.82 Å². The molecule has 0 radical (unpaired) electrons. The number of anilines is 1. The third-order valence-corrected chi connectivity index (χ3v) is 3.37. The molecule has 18 heavy (non-hydrogen) atoms. The van der Waals surface area contributed by atoms with Crippen molar-refractivity contribution >= 4 is 5.82 Å². The number of ether oxygens (including phenoxy) is 1. The van der Waals surface area contributed by atoms with Gasteiger partial charge >= 0.3 is 0 Å². The summed E-state index contributed by atoms with van der Waals surface area (Å²) in [6.07, 6.45) is 2.62. The Hall–Kier alpha value is -1.13. The van der Waals surface area contributed by atoms with Crippen LogP contribution in [0.15, 0.2) is 18.2 Å². The Morgan fingerprint density at radius 2 is 2.28 bits per heavy atom. The van der Waals surface area contributed by atoms with Crippen molar-refractivity contribution < 1.29 is 4.74 Å². The second kappa shape index (κ2) is 6.16. The molecule has 2 rings (SSSR count). The number of rotatable bonds is 7. The zero-order chi connectivity index (χ0) is 13.0. The van der Waals surface area contributed by atoms with Crippen LogP contribution in [0.3, 0.4) is 0 Å². The fraction of sp³-hybridized carbons (Fsp3) is 0.643. The molecule has 4 heteroatoms. The minimum absolute atomic E-state index is 0.328. The van der Waals surface area contributed by atoms with Gasteiger partial charge in [0.2, 0.25) is 0 Å². The number of nitrogens with one attached hydrogen (secondary N) is 1. The smallest absolute Gasteiger partial charge is 0.128 e. The van der Waals surface area contributed by atoms with Crippen molar-refractivity contribution in [3.63, 3.8) is 0 Å². The summed E-state index contributed by atoms with van der Waals surface area (Å²) in [7, 11) is 3.79. The van der Waals surface area contributed by atoms with Gasteiger partial charge in [-0.15, -0.1) is 0 Å². The highest BCUT2D eigenvalue weighted by molar-refractivity contribution is 5.39. The third kappa shape index (κ3) is 3.68. The number of methoxy groups -OCH3 is 1. The van der Waals surface area contributed by atoms with E-state index in [1.54, 1.807) is 7.11 Å². The summed E-state index contributed by atoms with van der Waals surface area (Å²) in [6.45, 7) is 3.72. The normalized spacial score (nSPS) is 16.6. The monoisotopic (exact) mass is 249 g/mol. The maximum atomic E-state index is 5.18. The van der Waals surface area contributed by atoms with E-state index in [0.717, 1.165) is 24.1 Å². The maximum Gasteiger partial charge on any atom is 0.128 e. The van der Waals surface area contributed by atoms with Gasteiger partial charge < -0.3 is 15.0 Å². The number of likely N-dealkylation sites (N-methyl/N-ethyl adjacent to an activating group) is 1. The molecule has 1 unspecified atom stereocenters. The number of hydrogen-bond donors (Lipinski definition) is 1. The van der Waals surface area contributed by atoms with Crippen LogP contribution in [0.4, 0.5) is 5.82 Å². The number of aromatic nitrogens is 1. The van der Waals surface area contributed by atoms with Gasteiger partial charge in [-0.25, -0.2) is 4.98 Å². The van der Waals surface area contributed by atoms with Crippen molar-refractivity contribution in [3.8, 4) is 0 Å². The fourth-order valence-corrected chi connectivity index (χ4v) is 1.88. The van der Waals surface area contributed by atoms with Crippen LogP contribution in [-0.2, 0) is 11.3 Å². The zero-order valence-corrected chi connectivity index (χ0v) is 11.5. The van der Waals surface area contributed by atoms with E-state index in [9.17, 15) is 0 Å². The Morgan fingerprint density at radius 3 is 2.94 bits per heavy atom. The van der Waals surface area contributed by atoms with Crippen molar-refractivity contribution in [1.29, 1.82) is 0 Å². The topological polar surface area (TPSA) is 37.4 Å². The first-order chi connectivity index (χ1) is 8.70. The van der Waals surface area contributed by atoms with Crippen molar-refractivity contribution in [2.24, 2.45) is 0 Å². The summed E-state index contributed by atoms with van der Waals surface area (Å²) in [5.41, 5.74) is 1.11. The minimum atomic E-state index is 0.328. The number of pyridine rings is 1. The minimum Gasteiger partial charge on any atom is -0.383 e. The van der Waals surface area contributed by atoms with Gasteiger partial charge in [0.15, 0.2) is 0 Å². The van der Waals surface area contributed by atoms with Gasteiger partial charge in [-0.1, -0.05) is 6.07 Å². The number of nitrogens with zero attached hydrogens (tertiary/aromatic N) is 2. The summed E-state index contributed by atoms with van der Waals surface area (Å²) >= 11 is 0. The Balaban J connectivity index is 1.96. The molecule has 1 N–H and O–H groups in total. The van der Waals surface area contributed by atoms with Crippen molar-refractivity contribution in [2.75, 3.05) is 25.7 Å². The van der Waals surface area contributed by atoms with E-state index in [4.69, 9.17) is 4.74 Å². The Kier molecular flexibility index (Phi) is 4.55. The van der Waals surface area contributed by atoms with Gasteiger partial charge in [0.25, 0.3) is 0 Å². The van der Waals surface area contributed by atoms with Gasteiger partial charge in [-0.2, -0.15) is 0 Å². The molecule has 1 saturated carbocycles. The van der Waals surface area contributed by atoms with Crippen LogP contribution in [0.1, 0.15) is 25.5 Å². The predicted octanol–water partition coefficient (Wildman–Crippen LogP) is 1.80. The first-order valence-corrected chi connectivity index (χ1v) is 6.62. The van der Waals surface area contributed by atoms with Crippen molar-refractivity contribution in [1.82, 2.24) is 10.3 Å². The third-order valence-electron chi connectivity index (χ3n) is 3.37. The molecule has 0 saturated heterocycles. The summed E-state index contributed by atoms with van der Waals surface area (Å²) in [5, 5.41) is 3.49. The molecule has 0 amide bonds. The highest BCUT2D eigenvalue weighted by Crippen LogP contribution is 2.19. The molecule has 1 aromatic heterocycles. The molecule has 1 fully saturated rings. The first kappa shape index (κ1) is 13.3. The standard InChI is InChI=1S/C14H23N3O/c1-11(10-18-3)17(2)14-6-4-5-13(16-14)9-15-12-7-8-12/h4-6,11-12,15H,7-10H2,1-3H3. The molecule has 1 aliphatic rings. The Morgan fingerprint density at radius 1 is 1.50 bits per heavy atom. The lowest BCUT2D eigenvalue weighted by molar-refractivity contribution is 0.183. The maximum absolute atomic E-state index is 5.18. The molecule has 4 nitrogen and oxygen atoms in total. The van der Waals surface area contributed by atoms with Crippen LogP contribution in [0.5, 0.6) is 0 Å². The molecule has 1 heterocycles. The SMILES string of the molecule is COCC(C)N(C)c1cccc(CNC2CC2)n1. The highest BCUT2D eigenvalue weighted by atomic mass is 16.5. The van der Waals surface area contributed by atoms with Gasteiger partial charge in [0.05, 0.1) is 18.3 Å². The van der Waals surface area contributed by atoms with E-state index in [1.807, 2.05) is 6.07 Å². The molecule has 1 atom stereocenters. The molecular weight excluding hydrogens is 226 g/mol. The summed E-state index contributed by atoms with van der Waals surface area (Å²) in [4.78, 5) is 6.84. The van der Waals surface area contributed by atoms with Gasteiger partial charge in [-0.3, -0.25) is 0 Å². The van der Waals surface area contributed by atoms with E-state index >= 15 is 0 Å². The summed E-state index contributed by atoms with van der Waals surface area (Å²) in [6, 6.07) is 7.25. The second-order valence-corrected chi connectivity index (χ2v) is 5.06. The van der Waals surface area contributed by atoms with E-state index in [2.05, 4.69) is 41.3 Å². The van der Waals surface area contributed by atoms with Crippen LogP contribution >= 0.6 is 0 Å². The molecule has 100 valence electrons. The largest absolute Gasteiger partial charge is 0.383 e. The molecule has 1 aliphatic carbocycles. The average Bonchev–Trinajstić information content (AvgIpc) is 3.20. The van der Waals surface area contributed by atoms with Crippen LogP contribution in [0, 0.1) is 0 Å². The lowest BCUT2D eigenvalue weighted by Crippen LogP contribution is -2.33. The predicted molar refractivity (Wildman–Crippen MR) is 73.8 cm³/mol. The second-order valence-electron chi connectivity index (χ2n) is 5.06. The van der Waals surface area contributed by atoms with Crippen LogP contribution < -0.4 is 10.2 Å². The summed E-state index contributed by atoms with van der Waals surface area (Å²) in [5.74, 6) is 1.01. The van der Waals surface area contributed by atoms with Gasteiger partial charge in [0, 0.05) is 26.7 Å².